The molecule has 1 unspecified atom stereocenters. The lowest BCUT2D eigenvalue weighted by Crippen LogP contribution is -2.28. The van der Waals surface area contributed by atoms with Crippen LogP contribution in [0.15, 0.2) is 36.8 Å². The number of aromatic amines is 1. The number of hydrogen-bond acceptors (Lipinski definition) is 6. The zero-order valence-corrected chi connectivity index (χ0v) is 14.5. The van der Waals surface area contributed by atoms with Gasteiger partial charge in [0.1, 0.15) is 11.6 Å². The van der Waals surface area contributed by atoms with Crippen molar-refractivity contribution in [1.29, 1.82) is 0 Å². The molecule has 25 heavy (non-hydrogen) atoms. The Balaban J connectivity index is 2.03. The number of H-pyrrole nitrogens is 1. The van der Waals surface area contributed by atoms with Crippen LogP contribution in [0.2, 0.25) is 5.02 Å². The Kier molecular flexibility index (Phi) is 5.16. The fraction of sp³-hybridized carbons (Fsp3) is 0.235. The van der Waals surface area contributed by atoms with E-state index in [1.165, 1.54) is 6.07 Å². The van der Waals surface area contributed by atoms with Crippen LogP contribution in [0.1, 0.15) is 13.3 Å². The van der Waals surface area contributed by atoms with Crippen LogP contribution < -0.4 is 11.1 Å². The first-order valence-electron chi connectivity index (χ1n) is 7.93. The molecule has 3 rings (SSSR count). The number of benzene rings is 1. The Labute approximate surface area is 150 Å². The first-order valence-corrected chi connectivity index (χ1v) is 8.30. The van der Waals surface area contributed by atoms with E-state index in [0.29, 0.717) is 28.8 Å². The van der Waals surface area contributed by atoms with Gasteiger partial charge >= 0.3 is 0 Å². The highest BCUT2D eigenvalue weighted by atomic mass is 35.5. The number of aromatic hydroxyl groups is 1. The van der Waals surface area contributed by atoms with Gasteiger partial charge in [-0.05, 0) is 24.6 Å². The number of phenols is 1. The summed E-state index contributed by atoms with van der Waals surface area (Å²) in [6, 6.07) is 4.77. The van der Waals surface area contributed by atoms with Crippen molar-refractivity contribution in [2.75, 3.05) is 11.9 Å². The van der Waals surface area contributed by atoms with Crippen LogP contribution in [0.4, 0.5) is 5.82 Å². The number of aromatic nitrogens is 4. The van der Waals surface area contributed by atoms with Gasteiger partial charge in [0.2, 0.25) is 0 Å². The lowest BCUT2D eigenvalue weighted by atomic mass is 10.1. The summed E-state index contributed by atoms with van der Waals surface area (Å²) in [5, 5.41) is 20.6. The third-order valence-electron chi connectivity index (χ3n) is 3.85. The molecule has 0 radical (unpaired) electrons. The molecule has 0 saturated heterocycles. The van der Waals surface area contributed by atoms with Crippen LogP contribution in [0.3, 0.4) is 0 Å². The van der Waals surface area contributed by atoms with Crippen molar-refractivity contribution in [2.24, 2.45) is 5.73 Å². The number of halogens is 1. The minimum atomic E-state index is 0.00943. The van der Waals surface area contributed by atoms with Gasteiger partial charge in [-0.3, -0.25) is 5.10 Å². The Bertz CT molecular complexity index is 852. The van der Waals surface area contributed by atoms with E-state index in [-0.39, 0.29) is 11.8 Å². The van der Waals surface area contributed by atoms with Gasteiger partial charge in [0.25, 0.3) is 0 Å². The second-order valence-electron chi connectivity index (χ2n) is 5.65. The minimum Gasteiger partial charge on any atom is -0.507 e. The SMILES string of the molecule is CCC(N)CNc1nc(-c2cc(Cl)ccc2O)ncc1-c1cn[nH]c1. The predicted octanol–water partition coefficient (Wildman–Crippen LogP) is 3.04. The van der Waals surface area contributed by atoms with E-state index >= 15 is 0 Å². The van der Waals surface area contributed by atoms with E-state index in [1.807, 2.05) is 6.92 Å². The van der Waals surface area contributed by atoms with Gasteiger partial charge in [-0.25, -0.2) is 9.97 Å². The van der Waals surface area contributed by atoms with E-state index in [4.69, 9.17) is 17.3 Å². The highest BCUT2D eigenvalue weighted by Crippen LogP contribution is 2.32. The molecular weight excluding hydrogens is 340 g/mol. The molecule has 1 aromatic carbocycles. The number of nitrogens with zero attached hydrogens (tertiary/aromatic N) is 3. The smallest absolute Gasteiger partial charge is 0.165 e. The summed E-state index contributed by atoms with van der Waals surface area (Å²) in [6.07, 6.45) is 5.99. The van der Waals surface area contributed by atoms with Crippen molar-refractivity contribution in [3.63, 3.8) is 0 Å². The van der Waals surface area contributed by atoms with Crippen LogP contribution in [-0.4, -0.2) is 37.9 Å². The van der Waals surface area contributed by atoms with Crippen molar-refractivity contribution in [3.8, 4) is 28.3 Å². The van der Waals surface area contributed by atoms with Gasteiger partial charge < -0.3 is 16.2 Å². The van der Waals surface area contributed by atoms with E-state index in [0.717, 1.165) is 17.5 Å². The van der Waals surface area contributed by atoms with E-state index in [2.05, 4.69) is 25.5 Å². The van der Waals surface area contributed by atoms with Crippen LogP contribution >= 0.6 is 11.6 Å². The Morgan fingerprint density at radius 1 is 1.32 bits per heavy atom. The monoisotopic (exact) mass is 358 g/mol. The van der Waals surface area contributed by atoms with Crippen LogP contribution in [-0.2, 0) is 0 Å². The predicted molar refractivity (Wildman–Crippen MR) is 98.5 cm³/mol. The first-order chi connectivity index (χ1) is 12.1. The molecule has 5 N–H and O–H groups in total. The maximum Gasteiger partial charge on any atom is 0.165 e. The molecule has 7 nitrogen and oxygen atoms in total. The third kappa shape index (κ3) is 3.89. The Hall–Kier alpha value is -2.64. The van der Waals surface area contributed by atoms with Gasteiger partial charge in [0.15, 0.2) is 5.82 Å². The van der Waals surface area contributed by atoms with Gasteiger partial charge in [-0.15, -0.1) is 0 Å². The topological polar surface area (TPSA) is 113 Å². The fourth-order valence-electron chi connectivity index (χ4n) is 2.32. The van der Waals surface area contributed by atoms with Gasteiger partial charge in [0.05, 0.1) is 11.8 Å². The van der Waals surface area contributed by atoms with Gasteiger partial charge in [-0.1, -0.05) is 18.5 Å². The molecule has 0 aliphatic heterocycles. The molecular formula is C17H19ClN6O. The zero-order valence-electron chi connectivity index (χ0n) is 13.7. The summed E-state index contributed by atoms with van der Waals surface area (Å²) in [7, 11) is 0. The quantitative estimate of drug-likeness (QED) is 0.538. The number of anilines is 1. The molecule has 0 amide bonds. The Morgan fingerprint density at radius 2 is 2.16 bits per heavy atom. The summed E-state index contributed by atoms with van der Waals surface area (Å²) in [5.74, 6) is 1.06. The normalized spacial score (nSPS) is 12.1. The van der Waals surface area contributed by atoms with Crippen LogP contribution in [0.25, 0.3) is 22.5 Å². The molecule has 0 aliphatic carbocycles. The summed E-state index contributed by atoms with van der Waals surface area (Å²) in [6.45, 7) is 2.60. The molecule has 3 aromatic rings. The van der Waals surface area contributed by atoms with E-state index in [9.17, 15) is 5.11 Å². The van der Waals surface area contributed by atoms with Crippen LogP contribution in [0.5, 0.6) is 5.75 Å². The highest BCUT2D eigenvalue weighted by Gasteiger charge is 2.14. The number of nitrogens with one attached hydrogen (secondary N) is 2. The maximum absolute atomic E-state index is 10.1. The molecule has 0 aliphatic rings. The summed E-state index contributed by atoms with van der Waals surface area (Å²) >= 11 is 6.03. The summed E-state index contributed by atoms with van der Waals surface area (Å²) in [5.41, 5.74) is 8.12. The average molecular weight is 359 g/mol. The van der Waals surface area contributed by atoms with E-state index in [1.54, 1.807) is 30.7 Å². The molecule has 2 aromatic heterocycles. The number of nitrogens with two attached hydrogens (primary N) is 1. The molecule has 8 heteroatoms. The molecule has 0 saturated carbocycles. The van der Waals surface area contributed by atoms with Gasteiger partial charge in [-0.2, -0.15) is 5.10 Å². The summed E-state index contributed by atoms with van der Waals surface area (Å²) in [4.78, 5) is 8.94. The molecule has 0 fully saturated rings. The standard InChI is InChI=1S/C17H19ClN6O/c1-2-12(19)8-20-17-14(10-6-22-23-7-10)9-21-16(24-17)13-5-11(18)3-4-15(13)25/h3-7,9,12,25H,2,8,19H2,1H3,(H,22,23)(H,20,21,24). The highest BCUT2D eigenvalue weighted by molar-refractivity contribution is 6.30. The third-order valence-corrected chi connectivity index (χ3v) is 4.09. The summed E-state index contributed by atoms with van der Waals surface area (Å²) < 4.78 is 0. The largest absolute Gasteiger partial charge is 0.507 e. The van der Waals surface area contributed by atoms with Crippen molar-refractivity contribution in [3.05, 3.63) is 41.8 Å². The maximum atomic E-state index is 10.1. The van der Waals surface area contributed by atoms with Gasteiger partial charge in [0, 0.05) is 41.1 Å². The molecule has 0 spiro atoms. The second kappa shape index (κ2) is 7.50. The number of phenolic OH excluding ortho intramolecular Hbond substituents is 1. The molecule has 1 atom stereocenters. The van der Waals surface area contributed by atoms with Crippen LogP contribution in [0, 0.1) is 0 Å². The van der Waals surface area contributed by atoms with Crippen molar-refractivity contribution in [1.82, 2.24) is 20.2 Å². The lowest BCUT2D eigenvalue weighted by Gasteiger charge is -2.15. The Morgan fingerprint density at radius 3 is 2.88 bits per heavy atom. The van der Waals surface area contributed by atoms with E-state index < -0.39 is 0 Å². The lowest BCUT2D eigenvalue weighted by molar-refractivity contribution is 0.477. The average Bonchev–Trinajstić information content (AvgIpc) is 3.16. The van der Waals surface area contributed by atoms with Crippen molar-refractivity contribution < 1.29 is 5.11 Å². The number of hydrogen-bond donors (Lipinski definition) is 4. The second-order valence-corrected chi connectivity index (χ2v) is 6.09. The minimum absolute atomic E-state index is 0.00943. The first kappa shape index (κ1) is 17.2. The molecule has 130 valence electrons. The van der Waals surface area contributed by atoms with Crippen molar-refractivity contribution in [2.45, 2.75) is 19.4 Å². The number of rotatable bonds is 6. The zero-order chi connectivity index (χ0) is 17.8. The van der Waals surface area contributed by atoms with Crippen molar-refractivity contribution >= 4 is 17.4 Å². The molecule has 0 bridgehead atoms. The molecule has 2 heterocycles. The fourth-order valence-corrected chi connectivity index (χ4v) is 2.49.